The zero-order valence-electron chi connectivity index (χ0n) is 3.94. The fourth-order valence-corrected chi connectivity index (χ4v) is 0.0645. The van der Waals surface area contributed by atoms with Crippen LogP contribution in [0.4, 0.5) is 0 Å². The van der Waals surface area contributed by atoms with E-state index in [-0.39, 0.29) is 6.61 Å². The first-order chi connectivity index (χ1) is 2.81. The van der Waals surface area contributed by atoms with Crippen LogP contribution in [0.25, 0.3) is 0 Å². The summed E-state index contributed by atoms with van der Waals surface area (Å²) in [5.41, 5.74) is 0. The Morgan fingerprint density at radius 2 is 2.50 bits per heavy atom. The second-order valence-corrected chi connectivity index (χ2v) is 1.21. The lowest BCUT2D eigenvalue weighted by Crippen LogP contribution is -1.90. The molecule has 0 aromatic carbocycles. The van der Waals surface area contributed by atoms with Crippen LogP contribution in [-0.2, 0) is 0 Å². The minimum absolute atomic E-state index is 0.128. The van der Waals surface area contributed by atoms with Crippen molar-refractivity contribution in [1.82, 2.24) is 0 Å². The summed E-state index contributed by atoms with van der Waals surface area (Å²) in [5.74, 6) is 0.912. The highest BCUT2D eigenvalue weighted by Gasteiger charge is 1.87. The van der Waals surface area contributed by atoms with E-state index in [1.165, 1.54) is 0 Å². The van der Waals surface area contributed by atoms with Gasteiger partial charge >= 0.3 is 0 Å². The molecule has 1 N–H and O–H groups in total. The van der Waals surface area contributed by atoms with Crippen LogP contribution in [0.3, 0.4) is 0 Å². The fraction of sp³-hybridized carbons (Fsp3) is 0.400. The van der Waals surface area contributed by atoms with Crippen molar-refractivity contribution >= 4 is 0 Å². The third kappa shape index (κ3) is 1.97. The van der Waals surface area contributed by atoms with E-state index >= 15 is 0 Å². The monoisotopic (exact) mass is 85.1 g/mol. The zero-order chi connectivity index (χ0) is 4.99. The van der Waals surface area contributed by atoms with E-state index in [4.69, 9.17) is 5.11 Å². The minimum Gasteiger partial charge on any atom is -0.395 e. The van der Waals surface area contributed by atoms with E-state index in [2.05, 4.69) is 6.58 Å². The standard InChI is InChI=1S/C5H9O/c1-3-5(2)4-6/h3,6H,1,4H2,2H3. The molecule has 0 rings (SSSR count). The van der Waals surface area contributed by atoms with Crippen molar-refractivity contribution in [2.75, 3.05) is 6.61 Å². The van der Waals surface area contributed by atoms with Crippen LogP contribution in [0.5, 0.6) is 0 Å². The molecule has 0 unspecified atom stereocenters. The quantitative estimate of drug-likeness (QED) is 0.524. The SMILES string of the molecule is C=C[C](C)CO. The van der Waals surface area contributed by atoms with Gasteiger partial charge in [0, 0.05) is 5.92 Å². The smallest absolute Gasteiger partial charge is 0.0528 e. The van der Waals surface area contributed by atoms with Crippen LogP contribution in [0.2, 0.25) is 0 Å². The third-order valence-electron chi connectivity index (χ3n) is 0.598. The van der Waals surface area contributed by atoms with E-state index in [0.29, 0.717) is 0 Å². The molecular formula is C5H9O. The Bertz CT molecular complexity index is 41.2. The van der Waals surface area contributed by atoms with E-state index in [0.717, 1.165) is 5.92 Å². The lowest BCUT2D eigenvalue weighted by Gasteiger charge is -1.92. The highest BCUT2D eigenvalue weighted by molar-refractivity contribution is 5.01. The van der Waals surface area contributed by atoms with Crippen LogP contribution in [0, 0.1) is 5.92 Å². The zero-order valence-corrected chi connectivity index (χ0v) is 3.94. The molecule has 0 aromatic rings. The van der Waals surface area contributed by atoms with Gasteiger partial charge in [-0.3, -0.25) is 0 Å². The molecule has 0 aliphatic carbocycles. The molecule has 0 aliphatic heterocycles. The maximum absolute atomic E-state index is 8.23. The summed E-state index contributed by atoms with van der Waals surface area (Å²) in [5, 5.41) is 8.23. The lowest BCUT2D eigenvalue weighted by atomic mass is 10.2. The molecule has 0 fully saturated rings. The summed E-state index contributed by atoms with van der Waals surface area (Å²) in [7, 11) is 0. The van der Waals surface area contributed by atoms with Crippen LogP contribution in [-0.4, -0.2) is 11.7 Å². The fourth-order valence-electron chi connectivity index (χ4n) is 0.0645. The Balaban J connectivity index is 2.96. The van der Waals surface area contributed by atoms with Crippen molar-refractivity contribution < 1.29 is 5.11 Å². The molecule has 1 nitrogen and oxygen atoms in total. The maximum atomic E-state index is 8.23. The van der Waals surface area contributed by atoms with Crippen LogP contribution >= 0.6 is 0 Å². The van der Waals surface area contributed by atoms with Gasteiger partial charge < -0.3 is 5.11 Å². The summed E-state index contributed by atoms with van der Waals surface area (Å²) in [6.45, 7) is 5.39. The van der Waals surface area contributed by atoms with E-state index < -0.39 is 0 Å². The summed E-state index contributed by atoms with van der Waals surface area (Å²) >= 11 is 0. The Morgan fingerprint density at radius 1 is 2.00 bits per heavy atom. The van der Waals surface area contributed by atoms with Gasteiger partial charge in [0.15, 0.2) is 0 Å². The molecule has 0 saturated heterocycles. The predicted molar refractivity (Wildman–Crippen MR) is 26.2 cm³/mol. The summed E-state index contributed by atoms with van der Waals surface area (Å²) in [6.07, 6.45) is 1.64. The second-order valence-electron chi connectivity index (χ2n) is 1.21. The maximum Gasteiger partial charge on any atom is 0.0528 e. The first kappa shape index (κ1) is 5.70. The molecule has 35 valence electrons. The number of hydrogen-bond acceptors (Lipinski definition) is 1. The average Bonchev–Trinajstić information content (AvgIpc) is 1.65. The molecule has 1 radical (unpaired) electrons. The number of rotatable bonds is 2. The van der Waals surface area contributed by atoms with Crippen molar-refractivity contribution in [2.45, 2.75) is 6.92 Å². The minimum atomic E-state index is 0.128. The highest BCUT2D eigenvalue weighted by Crippen LogP contribution is 1.92. The van der Waals surface area contributed by atoms with Crippen molar-refractivity contribution in [3.63, 3.8) is 0 Å². The Kier molecular flexibility index (Phi) is 2.77. The molecule has 0 bridgehead atoms. The van der Waals surface area contributed by atoms with Gasteiger partial charge in [0.2, 0.25) is 0 Å². The third-order valence-corrected chi connectivity index (χ3v) is 0.598. The molecule has 0 heterocycles. The highest BCUT2D eigenvalue weighted by atomic mass is 16.3. The van der Waals surface area contributed by atoms with Gasteiger partial charge in [-0.2, -0.15) is 0 Å². The molecule has 0 atom stereocenters. The van der Waals surface area contributed by atoms with Gasteiger partial charge in [0.25, 0.3) is 0 Å². The predicted octanol–water partition coefficient (Wildman–Crippen LogP) is 0.759. The summed E-state index contributed by atoms with van der Waals surface area (Å²) in [4.78, 5) is 0. The number of hydrogen-bond donors (Lipinski definition) is 1. The van der Waals surface area contributed by atoms with Gasteiger partial charge in [-0.15, -0.1) is 6.58 Å². The molecular weight excluding hydrogens is 76.1 g/mol. The largest absolute Gasteiger partial charge is 0.395 e. The van der Waals surface area contributed by atoms with Gasteiger partial charge in [-0.05, 0) is 0 Å². The molecule has 0 amide bonds. The molecule has 1 heteroatoms. The van der Waals surface area contributed by atoms with Crippen molar-refractivity contribution in [3.05, 3.63) is 18.6 Å². The summed E-state index contributed by atoms with van der Waals surface area (Å²) in [6, 6.07) is 0. The summed E-state index contributed by atoms with van der Waals surface area (Å²) < 4.78 is 0. The van der Waals surface area contributed by atoms with Crippen LogP contribution in [0.15, 0.2) is 12.7 Å². The van der Waals surface area contributed by atoms with Gasteiger partial charge in [0.05, 0.1) is 6.61 Å². The normalized spacial score (nSPS) is 9.17. The Morgan fingerprint density at radius 3 is 2.50 bits per heavy atom. The Hall–Kier alpha value is -0.300. The average molecular weight is 85.1 g/mol. The van der Waals surface area contributed by atoms with E-state index in [1.807, 2.05) is 6.92 Å². The van der Waals surface area contributed by atoms with Gasteiger partial charge in [0.1, 0.15) is 0 Å². The van der Waals surface area contributed by atoms with Gasteiger partial charge in [-0.1, -0.05) is 13.0 Å². The van der Waals surface area contributed by atoms with Crippen molar-refractivity contribution in [2.24, 2.45) is 0 Å². The number of aliphatic hydroxyl groups excluding tert-OH is 1. The van der Waals surface area contributed by atoms with Gasteiger partial charge in [-0.25, -0.2) is 0 Å². The van der Waals surface area contributed by atoms with E-state index in [9.17, 15) is 0 Å². The topological polar surface area (TPSA) is 20.2 Å². The molecule has 0 saturated carbocycles. The van der Waals surface area contributed by atoms with Crippen LogP contribution < -0.4 is 0 Å². The van der Waals surface area contributed by atoms with Crippen LogP contribution in [0.1, 0.15) is 6.92 Å². The van der Waals surface area contributed by atoms with Crippen molar-refractivity contribution in [3.8, 4) is 0 Å². The Labute approximate surface area is 38.3 Å². The molecule has 6 heavy (non-hydrogen) atoms. The first-order valence-electron chi connectivity index (χ1n) is 1.87. The lowest BCUT2D eigenvalue weighted by molar-refractivity contribution is 0.316. The van der Waals surface area contributed by atoms with E-state index in [1.54, 1.807) is 6.08 Å². The van der Waals surface area contributed by atoms with Crippen molar-refractivity contribution in [1.29, 1.82) is 0 Å². The first-order valence-corrected chi connectivity index (χ1v) is 1.87. The molecule has 0 spiro atoms. The second kappa shape index (κ2) is 2.91. The molecule has 0 aliphatic rings. The molecule has 0 aromatic heterocycles. The number of aliphatic hydroxyl groups is 1.